The Kier molecular flexibility index (Phi) is 6.42. The van der Waals surface area contributed by atoms with Crippen molar-refractivity contribution in [2.24, 2.45) is 0 Å². The van der Waals surface area contributed by atoms with Crippen molar-refractivity contribution < 1.29 is 0 Å². The Morgan fingerprint density at radius 3 is 2.36 bits per heavy atom. The van der Waals surface area contributed by atoms with Gasteiger partial charge in [-0.15, -0.1) is 0 Å². The topological polar surface area (TPSA) is 18.5 Å². The van der Waals surface area contributed by atoms with Gasteiger partial charge >= 0.3 is 0 Å². The van der Waals surface area contributed by atoms with Crippen molar-refractivity contribution in [2.45, 2.75) is 6.54 Å². The highest BCUT2D eigenvalue weighted by molar-refractivity contribution is 7.80. The fraction of sp³-hybridized carbons (Fsp3) is 0.278. The lowest BCUT2D eigenvalue weighted by molar-refractivity contribution is 0.177. The molecule has 1 heterocycles. The van der Waals surface area contributed by atoms with Crippen LogP contribution < -0.4 is 5.32 Å². The SMILES string of the molecule is S=C(Nc1cccc(Cl)c1)N1CCN(Cc2ccc(Cl)cc2Cl)CC1. The Bertz CT molecular complexity index is 761. The predicted octanol–water partition coefficient (Wildman–Crippen LogP) is 5.16. The zero-order chi connectivity index (χ0) is 17.8. The van der Waals surface area contributed by atoms with E-state index in [0.717, 1.165) is 49.1 Å². The van der Waals surface area contributed by atoms with Crippen molar-refractivity contribution in [2.75, 3.05) is 31.5 Å². The van der Waals surface area contributed by atoms with Crippen LogP contribution in [0.5, 0.6) is 0 Å². The summed E-state index contributed by atoms with van der Waals surface area (Å²) in [6, 6.07) is 13.2. The maximum absolute atomic E-state index is 6.27. The number of halogens is 3. The zero-order valence-electron chi connectivity index (χ0n) is 13.5. The van der Waals surface area contributed by atoms with Crippen LogP contribution in [-0.4, -0.2) is 41.1 Å². The van der Waals surface area contributed by atoms with Gasteiger partial charge in [-0.05, 0) is 48.1 Å². The molecule has 0 aromatic heterocycles. The summed E-state index contributed by atoms with van der Waals surface area (Å²) in [5.41, 5.74) is 2.01. The first-order valence-corrected chi connectivity index (χ1v) is 9.53. The first-order chi connectivity index (χ1) is 12.0. The highest BCUT2D eigenvalue weighted by atomic mass is 35.5. The molecule has 1 aliphatic heterocycles. The molecule has 25 heavy (non-hydrogen) atoms. The van der Waals surface area contributed by atoms with E-state index < -0.39 is 0 Å². The molecule has 3 nitrogen and oxygen atoms in total. The minimum absolute atomic E-state index is 0.663. The van der Waals surface area contributed by atoms with Gasteiger partial charge < -0.3 is 10.2 Å². The molecule has 0 aliphatic carbocycles. The second-order valence-corrected chi connectivity index (χ2v) is 7.61. The second kappa shape index (κ2) is 8.56. The molecule has 0 saturated carbocycles. The van der Waals surface area contributed by atoms with Gasteiger partial charge in [-0.2, -0.15) is 0 Å². The molecular weight excluding hydrogens is 397 g/mol. The first-order valence-electron chi connectivity index (χ1n) is 7.99. The molecule has 1 saturated heterocycles. The Morgan fingerprint density at radius 2 is 1.68 bits per heavy atom. The van der Waals surface area contributed by atoms with Gasteiger partial charge in [0, 0.05) is 53.5 Å². The Morgan fingerprint density at radius 1 is 0.960 bits per heavy atom. The summed E-state index contributed by atoms with van der Waals surface area (Å²) in [6.45, 7) is 4.42. The summed E-state index contributed by atoms with van der Waals surface area (Å²) in [4.78, 5) is 4.55. The molecule has 0 unspecified atom stereocenters. The second-order valence-electron chi connectivity index (χ2n) is 5.94. The highest BCUT2D eigenvalue weighted by Gasteiger charge is 2.19. The lowest BCUT2D eigenvalue weighted by atomic mass is 10.2. The summed E-state index contributed by atoms with van der Waals surface area (Å²) in [7, 11) is 0. The van der Waals surface area contributed by atoms with Gasteiger partial charge in [-0.1, -0.05) is 46.9 Å². The minimum atomic E-state index is 0.663. The van der Waals surface area contributed by atoms with Crippen LogP contribution in [0.4, 0.5) is 5.69 Å². The summed E-state index contributed by atoms with van der Waals surface area (Å²) >= 11 is 23.8. The van der Waals surface area contributed by atoms with Crippen molar-refractivity contribution in [3.8, 4) is 0 Å². The van der Waals surface area contributed by atoms with Crippen LogP contribution in [0.15, 0.2) is 42.5 Å². The molecule has 0 amide bonds. The van der Waals surface area contributed by atoms with E-state index in [9.17, 15) is 0 Å². The minimum Gasteiger partial charge on any atom is -0.346 e. The molecule has 2 aromatic rings. The maximum Gasteiger partial charge on any atom is 0.173 e. The maximum atomic E-state index is 6.27. The van der Waals surface area contributed by atoms with E-state index in [4.69, 9.17) is 47.0 Å². The third-order valence-electron chi connectivity index (χ3n) is 4.14. The van der Waals surface area contributed by atoms with Crippen LogP contribution in [0.3, 0.4) is 0 Å². The quantitative estimate of drug-likeness (QED) is 0.699. The van der Waals surface area contributed by atoms with Gasteiger partial charge in [0.2, 0.25) is 0 Å². The van der Waals surface area contributed by atoms with Crippen LogP contribution >= 0.6 is 47.0 Å². The van der Waals surface area contributed by atoms with E-state index in [1.807, 2.05) is 36.4 Å². The number of hydrogen-bond donors (Lipinski definition) is 1. The van der Waals surface area contributed by atoms with Crippen LogP contribution in [0, 0.1) is 0 Å². The number of nitrogens with zero attached hydrogens (tertiary/aromatic N) is 2. The Labute approximate surface area is 168 Å². The molecule has 3 rings (SSSR count). The van der Waals surface area contributed by atoms with Gasteiger partial charge in [0.1, 0.15) is 0 Å². The number of anilines is 1. The van der Waals surface area contributed by atoms with Crippen molar-refractivity contribution in [1.82, 2.24) is 9.80 Å². The van der Waals surface area contributed by atoms with E-state index in [2.05, 4.69) is 15.1 Å². The molecule has 2 aromatic carbocycles. The number of piperazine rings is 1. The van der Waals surface area contributed by atoms with Crippen molar-refractivity contribution in [3.05, 3.63) is 63.1 Å². The van der Waals surface area contributed by atoms with E-state index in [0.29, 0.717) is 15.1 Å². The monoisotopic (exact) mass is 413 g/mol. The largest absolute Gasteiger partial charge is 0.346 e. The Balaban J connectivity index is 1.52. The lowest BCUT2D eigenvalue weighted by Crippen LogP contribution is -2.49. The van der Waals surface area contributed by atoms with Crippen LogP contribution in [0.1, 0.15) is 5.56 Å². The molecule has 132 valence electrons. The number of hydrogen-bond acceptors (Lipinski definition) is 2. The molecule has 0 atom stereocenters. The highest BCUT2D eigenvalue weighted by Crippen LogP contribution is 2.23. The van der Waals surface area contributed by atoms with Gasteiger partial charge in [-0.3, -0.25) is 4.90 Å². The van der Waals surface area contributed by atoms with Gasteiger partial charge in [-0.25, -0.2) is 0 Å². The summed E-state index contributed by atoms with van der Waals surface area (Å²) in [6.07, 6.45) is 0. The fourth-order valence-electron chi connectivity index (χ4n) is 2.77. The molecule has 7 heteroatoms. The fourth-order valence-corrected chi connectivity index (χ4v) is 3.73. The molecule has 1 aliphatic rings. The number of benzene rings is 2. The number of nitrogens with one attached hydrogen (secondary N) is 1. The average molecular weight is 415 g/mol. The van der Waals surface area contributed by atoms with Crippen LogP contribution in [0.2, 0.25) is 15.1 Å². The van der Waals surface area contributed by atoms with Crippen molar-refractivity contribution >= 4 is 57.8 Å². The molecule has 1 N–H and O–H groups in total. The van der Waals surface area contributed by atoms with Crippen molar-refractivity contribution in [3.63, 3.8) is 0 Å². The Hall–Kier alpha value is -1.04. The molecule has 1 fully saturated rings. The van der Waals surface area contributed by atoms with E-state index in [1.165, 1.54) is 0 Å². The van der Waals surface area contributed by atoms with Gasteiger partial charge in [0.05, 0.1) is 0 Å². The predicted molar refractivity (Wildman–Crippen MR) is 111 cm³/mol. The van der Waals surface area contributed by atoms with Crippen LogP contribution in [0.25, 0.3) is 0 Å². The summed E-state index contributed by atoms with van der Waals surface area (Å²) in [5, 5.41) is 6.05. The summed E-state index contributed by atoms with van der Waals surface area (Å²) < 4.78 is 0. The number of rotatable bonds is 3. The normalized spacial score (nSPS) is 15.2. The van der Waals surface area contributed by atoms with E-state index in [-0.39, 0.29) is 0 Å². The first kappa shape index (κ1) is 18.7. The third kappa shape index (κ3) is 5.22. The summed E-state index contributed by atoms with van der Waals surface area (Å²) in [5.74, 6) is 0. The van der Waals surface area contributed by atoms with E-state index >= 15 is 0 Å². The smallest absolute Gasteiger partial charge is 0.173 e. The van der Waals surface area contributed by atoms with Gasteiger partial charge in [0.25, 0.3) is 0 Å². The number of thiocarbonyl (C=S) groups is 1. The average Bonchev–Trinajstić information content (AvgIpc) is 2.58. The zero-order valence-corrected chi connectivity index (χ0v) is 16.6. The third-order valence-corrected chi connectivity index (χ3v) is 5.33. The lowest BCUT2D eigenvalue weighted by Gasteiger charge is -2.36. The van der Waals surface area contributed by atoms with Crippen LogP contribution in [-0.2, 0) is 6.54 Å². The molecular formula is C18H18Cl3N3S. The molecule has 0 bridgehead atoms. The van der Waals surface area contributed by atoms with Gasteiger partial charge in [0.15, 0.2) is 5.11 Å². The van der Waals surface area contributed by atoms with E-state index in [1.54, 1.807) is 6.07 Å². The molecule has 0 radical (unpaired) electrons. The standard InChI is InChI=1S/C18H18Cl3N3S/c19-14-2-1-3-16(10-14)22-18(25)24-8-6-23(7-9-24)12-13-4-5-15(20)11-17(13)21/h1-5,10-11H,6-9,12H2,(H,22,25). The molecule has 0 spiro atoms. The van der Waals surface area contributed by atoms with Crippen molar-refractivity contribution in [1.29, 1.82) is 0 Å².